The minimum absolute atomic E-state index is 0.175. The molecular formula is C42H26O. The molecule has 8 aromatic carbocycles. The molecule has 8 aromatic rings. The van der Waals surface area contributed by atoms with Crippen LogP contribution in [0.2, 0.25) is 0 Å². The van der Waals surface area contributed by atoms with E-state index in [2.05, 4.69) is 0 Å². The zero-order valence-electron chi connectivity index (χ0n) is 30.8. The number of rotatable bonds is 3. The fraction of sp³-hybridized carbons (Fsp3) is 0. The Morgan fingerprint density at radius 1 is 0.372 bits per heavy atom. The smallest absolute Gasteiger partial charge is 0.135 e. The van der Waals surface area contributed by atoms with Gasteiger partial charge >= 0.3 is 0 Å². The monoisotopic (exact) mass is 554 g/mol. The second-order valence-corrected chi connectivity index (χ2v) is 10.6. The zero-order chi connectivity index (χ0) is 35.3. The summed E-state index contributed by atoms with van der Waals surface area (Å²) in [6.07, 6.45) is 0. The average molecular weight is 555 g/mol. The molecular weight excluding hydrogens is 520 g/mol. The lowest BCUT2D eigenvalue weighted by atomic mass is 9.82. The first-order valence-electron chi connectivity index (χ1n) is 18.1. The van der Waals surface area contributed by atoms with Crippen LogP contribution in [0.15, 0.2) is 158 Å². The molecule has 0 radical (unpaired) electrons. The van der Waals surface area contributed by atoms with E-state index in [0.717, 1.165) is 33.0 Å². The molecule has 0 N–H and O–H groups in total. The van der Waals surface area contributed by atoms with E-state index in [1.165, 1.54) is 0 Å². The van der Waals surface area contributed by atoms with Gasteiger partial charge in [0, 0.05) is 10.9 Å². The summed E-state index contributed by atoms with van der Waals surface area (Å²) in [6.45, 7) is 0. The summed E-state index contributed by atoms with van der Waals surface area (Å²) in [5.74, 6) is 1.33. The van der Waals surface area contributed by atoms with Crippen LogP contribution in [0, 0.1) is 0 Å². The van der Waals surface area contributed by atoms with Crippen molar-refractivity contribution in [2.75, 3.05) is 0 Å². The van der Waals surface area contributed by atoms with Gasteiger partial charge in [-0.15, -0.1) is 0 Å². The first-order valence-corrected chi connectivity index (χ1v) is 14.1. The Hall–Kier alpha value is -5.66. The summed E-state index contributed by atoms with van der Waals surface area (Å²) in [7, 11) is 0. The molecule has 1 heteroatoms. The van der Waals surface area contributed by atoms with Crippen LogP contribution in [-0.4, -0.2) is 0 Å². The van der Waals surface area contributed by atoms with Gasteiger partial charge in [0.2, 0.25) is 0 Å². The van der Waals surface area contributed by atoms with E-state index in [9.17, 15) is 5.48 Å². The van der Waals surface area contributed by atoms with E-state index >= 15 is 0 Å². The van der Waals surface area contributed by atoms with Crippen LogP contribution < -0.4 is 4.74 Å². The molecule has 1 aliphatic rings. The van der Waals surface area contributed by atoms with Gasteiger partial charge in [-0.25, -0.2) is 0 Å². The number of para-hydroxylation sites is 1. The molecule has 1 nitrogen and oxygen atoms in total. The van der Waals surface area contributed by atoms with Gasteiger partial charge in [-0.3, -0.25) is 0 Å². The van der Waals surface area contributed by atoms with E-state index < -0.39 is 24.2 Å². The Balaban J connectivity index is 1.55. The number of benzene rings is 8. The van der Waals surface area contributed by atoms with Gasteiger partial charge in [-0.05, 0) is 78.0 Å². The number of fused-ring (bicyclic) bond motifs is 4. The lowest BCUT2D eigenvalue weighted by molar-refractivity contribution is 0.487. The van der Waals surface area contributed by atoms with Crippen LogP contribution in [-0.2, 0) is 0 Å². The van der Waals surface area contributed by atoms with Crippen molar-refractivity contribution < 1.29 is 15.7 Å². The molecule has 200 valence electrons. The number of ether oxygens (including phenoxy) is 1. The molecule has 0 amide bonds. The summed E-state index contributed by atoms with van der Waals surface area (Å²) in [5.41, 5.74) is 5.21. The van der Waals surface area contributed by atoms with E-state index in [1.54, 1.807) is 0 Å². The number of hydrogen-bond donors (Lipinski definition) is 0. The molecule has 0 aromatic heterocycles. The van der Waals surface area contributed by atoms with E-state index in [0.29, 0.717) is 33.8 Å². The molecule has 43 heavy (non-hydrogen) atoms. The lowest BCUT2D eigenvalue weighted by Gasteiger charge is -2.24. The predicted octanol–water partition coefficient (Wildman–Crippen LogP) is 11.9. The third-order valence-electron chi connectivity index (χ3n) is 8.33. The predicted molar refractivity (Wildman–Crippen MR) is 181 cm³/mol. The highest BCUT2D eigenvalue weighted by Crippen LogP contribution is 2.51. The van der Waals surface area contributed by atoms with Crippen molar-refractivity contribution in [3.8, 4) is 56.0 Å². The maximum atomic E-state index is 9.42. The molecule has 0 spiro atoms. The van der Waals surface area contributed by atoms with Crippen molar-refractivity contribution in [3.63, 3.8) is 0 Å². The van der Waals surface area contributed by atoms with Crippen LogP contribution in [0.4, 0.5) is 0 Å². The molecule has 0 saturated carbocycles. The third-order valence-corrected chi connectivity index (χ3v) is 8.33. The third kappa shape index (κ3) is 3.58. The van der Waals surface area contributed by atoms with Crippen molar-refractivity contribution in [2.24, 2.45) is 0 Å². The topological polar surface area (TPSA) is 9.23 Å². The van der Waals surface area contributed by atoms with Crippen molar-refractivity contribution in [1.29, 1.82) is 0 Å². The van der Waals surface area contributed by atoms with E-state index in [-0.39, 0.29) is 45.7 Å². The minimum atomic E-state index is -0.434. The molecule has 1 heterocycles. The van der Waals surface area contributed by atoms with Crippen molar-refractivity contribution in [3.05, 3.63) is 158 Å². The summed E-state index contributed by atoms with van der Waals surface area (Å²) >= 11 is 0. The fourth-order valence-corrected chi connectivity index (χ4v) is 6.53. The second kappa shape index (κ2) is 9.44. The Labute approximate surface area is 261 Å². The molecule has 0 unspecified atom stereocenters. The Morgan fingerprint density at radius 3 is 1.60 bits per heavy atom. The van der Waals surface area contributed by atoms with E-state index in [4.69, 9.17) is 10.2 Å². The SMILES string of the molecule is [2H]c1c([2H])c([2H])c2c(-c3ccc4c5c(cccc35)Oc3ccccc3-4)c3c([2H])c([2H])c([2H])c([2H])c3c(-c3ccccc3-c3ccccc3)c2c1[2H]. The highest BCUT2D eigenvalue weighted by Gasteiger charge is 2.24. The normalized spacial score (nSPS) is 14.5. The standard InChI is InChI=1S/C42H26O/c1-2-13-27(14-3-1)28-15-4-5-17-30(28)40-31-18-6-8-20-33(31)41(34-21-9-7-19-32(34)40)37-26-25-36-29-16-10-11-23-38(29)43-39-24-12-22-35(37)42(36)39/h1-26H/i6D,7D,8D,9D,18D,19D,20D,21D. The maximum absolute atomic E-state index is 9.42. The highest BCUT2D eigenvalue weighted by atomic mass is 16.5. The van der Waals surface area contributed by atoms with Crippen molar-refractivity contribution in [2.45, 2.75) is 0 Å². The second-order valence-electron chi connectivity index (χ2n) is 10.6. The van der Waals surface area contributed by atoms with Gasteiger partial charge in [0.05, 0.1) is 11.0 Å². The molecule has 0 atom stereocenters. The lowest BCUT2D eigenvalue weighted by Crippen LogP contribution is -1.98. The van der Waals surface area contributed by atoms with Crippen molar-refractivity contribution in [1.82, 2.24) is 0 Å². The first kappa shape index (κ1) is 17.3. The van der Waals surface area contributed by atoms with Gasteiger partial charge in [0.1, 0.15) is 11.5 Å². The summed E-state index contributed by atoms with van der Waals surface area (Å²) in [5, 5.41) is 2.23. The van der Waals surface area contributed by atoms with Crippen LogP contribution in [0.5, 0.6) is 11.5 Å². The minimum Gasteiger partial charge on any atom is -0.456 e. The summed E-state index contributed by atoms with van der Waals surface area (Å²) < 4.78 is 79.3. The van der Waals surface area contributed by atoms with Gasteiger partial charge in [-0.2, -0.15) is 0 Å². The van der Waals surface area contributed by atoms with Gasteiger partial charge < -0.3 is 4.74 Å². The van der Waals surface area contributed by atoms with Gasteiger partial charge in [0.15, 0.2) is 0 Å². The summed E-state index contributed by atoms with van der Waals surface area (Å²) in [4.78, 5) is 0. The van der Waals surface area contributed by atoms with Crippen LogP contribution in [0.25, 0.3) is 76.8 Å². The van der Waals surface area contributed by atoms with E-state index in [1.807, 2.05) is 109 Å². The fourth-order valence-electron chi connectivity index (χ4n) is 6.53. The van der Waals surface area contributed by atoms with Crippen LogP contribution >= 0.6 is 0 Å². The molecule has 1 aliphatic heterocycles. The largest absolute Gasteiger partial charge is 0.456 e. The Morgan fingerprint density at radius 2 is 0.907 bits per heavy atom. The summed E-state index contributed by atoms with van der Waals surface area (Å²) in [6, 6.07) is 31.4. The molecule has 0 fully saturated rings. The van der Waals surface area contributed by atoms with Crippen molar-refractivity contribution >= 4 is 32.3 Å². The van der Waals surface area contributed by atoms with Crippen LogP contribution in [0.3, 0.4) is 0 Å². The first-order chi connectivity index (χ1) is 24.7. The molecule has 0 saturated heterocycles. The molecule has 0 aliphatic carbocycles. The Kier molecular flexibility index (Phi) is 3.80. The molecule has 9 rings (SSSR count). The average Bonchev–Trinajstić information content (AvgIpc) is 3.17. The van der Waals surface area contributed by atoms with Gasteiger partial charge in [0.25, 0.3) is 0 Å². The zero-order valence-corrected chi connectivity index (χ0v) is 22.8. The molecule has 0 bridgehead atoms. The van der Waals surface area contributed by atoms with Crippen LogP contribution in [0.1, 0.15) is 11.0 Å². The Bertz CT molecular complexity index is 2730. The quantitative estimate of drug-likeness (QED) is 0.197. The number of hydrogen-bond acceptors (Lipinski definition) is 1. The highest BCUT2D eigenvalue weighted by molar-refractivity contribution is 6.25. The maximum Gasteiger partial charge on any atom is 0.135 e. The van der Waals surface area contributed by atoms with Gasteiger partial charge in [-0.1, -0.05) is 145 Å².